The van der Waals surface area contributed by atoms with E-state index in [1.807, 2.05) is 0 Å². The lowest BCUT2D eigenvalue weighted by Gasteiger charge is -2.63. The SMILES string of the molecule is C[C@H]1O[C@@H](O[C@H]2CC[C@@]3(C)[C@H](CC[C@@H]4[C@@H]3CC[C@]3(C)[C@@H](C5=CCC(=O)O5)[C@@H](O)C[C@]43O)C2)C[C@H](O)[C@@H]1O[C@@H]1O[C@H](CO)[C@@H](O)[C@H](O)[C@H]1O. The van der Waals surface area contributed by atoms with Crippen molar-refractivity contribution >= 4 is 5.97 Å². The number of aliphatic hydroxyl groups is 7. The van der Waals surface area contributed by atoms with E-state index in [1.165, 1.54) is 0 Å². The van der Waals surface area contributed by atoms with Crippen LogP contribution in [0.1, 0.15) is 85.0 Å². The number of fused-ring (bicyclic) bond motifs is 5. The van der Waals surface area contributed by atoms with Gasteiger partial charge in [-0.15, -0.1) is 0 Å². The maximum absolute atomic E-state index is 12.5. The van der Waals surface area contributed by atoms with Crippen molar-refractivity contribution in [2.24, 2.45) is 34.5 Å². The molecule has 48 heavy (non-hydrogen) atoms. The largest absolute Gasteiger partial charge is 0.431 e. The first kappa shape index (κ1) is 35.2. The van der Waals surface area contributed by atoms with E-state index in [0.717, 1.165) is 44.9 Å². The fourth-order valence-electron chi connectivity index (χ4n) is 11.3. The Morgan fingerprint density at radius 2 is 1.67 bits per heavy atom. The van der Waals surface area contributed by atoms with E-state index in [0.29, 0.717) is 17.6 Å². The average molecular weight is 683 g/mol. The monoisotopic (exact) mass is 682 g/mol. The molecule has 272 valence electrons. The molecule has 7 aliphatic rings. The molecule has 7 N–H and O–H groups in total. The lowest BCUT2D eigenvalue weighted by Crippen LogP contribution is -2.62. The van der Waals surface area contributed by atoms with Gasteiger partial charge >= 0.3 is 5.97 Å². The van der Waals surface area contributed by atoms with Gasteiger partial charge in [0.15, 0.2) is 12.6 Å². The van der Waals surface area contributed by atoms with Gasteiger partial charge in [-0.3, -0.25) is 4.79 Å². The summed E-state index contributed by atoms with van der Waals surface area (Å²) in [7, 11) is 0. The van der Waals surface area contributed by atoms with Crippen LogP contribution >= 0.6 is 0 Å². The highest BCUT2D eigenvalue weighted by Crippen LogP contribution is 2.70. The highest BCUT2D eigenvalue weighted by atomic mass is 16.7. The zero-order valence-corrected chi connectivity index (χ0v) is 28.1. The van der Waals surface area contributed by atoms with Crippen LogP contribution in [0.2, 0.25) is 0 Å². The molecule has 18 atom stereocenters. The Hall–Kier alpha value is -1.23. The van der Waals surface area contributed by atoms with Gasteiger partial charge in [-0.1, -0.05) is 13.8 Å². The van der Waals surface area contributed by atoms with Gasteiger partial charge in [-0.2, -0.15) is 0 Å². The quantitative estimate of drug-likeness (QED) is 0.152. The summed E-state index contributed by atoms with van der Waals surface area (Å²) < 4.78 is 29.4. The summed E-state index contributed by atoms with van der Waals surface area (Å²) in [6.07, 6.45) is -2.71. The van der Waals surface area contributed by atoms with Crippen molar-refractivity contribution in [1.82, 2.24) is 0 Å². The maximum Gasteiger partial charge on any atom is 0.314 e. The first-order valence-electron chi connectivity index (χ1n) is 18.0. The second-order valence-corrected chi connectivity index (χ2v) is 16.3. The van der Waals surface area contributed by atoms with E-state index in [2.05, 4.69) is 13.8 Å². The number of rotatable bonds is 6. The van der Waals surface area contributed by atoms with Crippen molar-refractivity contribution in [2.45, 2.75) is 158 Å². The third-order valence-electron chi connectivity index (χ3n) is 13.9. The molecule has 0 aromatic heterocycles. The molecule has 0 amide bonds. The number of cyclic esters (lactones) is 1. The fraction of sp³-hybridized carbons (Fsp3) is 0.914. The molecule has 0 spiro atoms. The van der Waals surface area contributed by atoms with Crippen molar-refractivity contribution in [3.63, 3.8) is 0 Å². The van der Waals surface area contributed by atoms with Crippen molar-refractivity contribution in [1.29, 1.82) is 0 Å². The number of hydrogen-bond acceptors (Lipinski definition) is 13. The molecule has 4 aliphatic carbocycles. The summed E-state index contributed by atoms with van der Waals surface area (Å²) in [5, 5.41) is 74.9. The summed E-state index contributed by atoms with van der Waals surface area (Å²) in [6.45, 7) is 5.59. The second kappa shape index (κ2) is 12.8. The van der Waals surface area contributed by atoms with Crippen molar-refractivity contribution in [3.05, 3.63) is 11.8 Å². The van der Waals surface area contributed by atoms with Crippen LogP contribution in [0.15, 0.2) is 11.8 Å². The third kappa shape index (κ3) is 5.51. The van der Waals surface area contributed by atoms with Crippen LogP contribution in [0, 0.1) is 34.5 Å². The third-order valence-corrected chi connectivity index (χ3v) is 13.9. The number of ether oxygens (including phenoxy) is 5. The van der Waals surface area contributed by atoms with E-state index in [9.17, 15) is 40.5 Å². The predicted octanol–water partition coefficient (Wildman–Crippen LogP) is 0.628. The molecule has 4 saturated carbocycles. The minimum atomic E-state index is -1.58. The normalized spacial score (nSPS) is 55.3. The van der Waals surface area contributed by atoms with Crippen LogP contribution in [0.4, 0.5) is 0 Å². The zero-order chi connectivity index (χ0) is 34.3. The summed E-state index contributed by atoms with van der Waals surface area (Å²) in [5.41, 5.74) is -1.62. The molecule has 7 rings (SSSR count). The lowest BCUT2D eigenvalue weighted by molar-refractivity contribution is -0.344. The van der Waals surface area contributed by atoms with Crippen LogP contribution in [-0.2, 0) is 28.5 Å². The summed E-state index contributed by atoms with van der Waals surface area (Å²) >= 11 is 0. The Labute approximate surface area is 281 Å². The van der Waals surface area contributed by atoms with Crippen molar-refractivity contribution in [3.8, 4) is 0 Å². The van der Waals surface area contributed by atoms with E-state index in [1.54, 1.807) is 13.0 Å². The Balaban J connectivity index is 0.967. The van der Waals surface area contributed by atoms with E-state index in [4.69, 9.17) is 23.7 Å². The average Bonchev–Trinajstić information content (AvgIpc) is 3.54. The number of esters is 1. The van der Waals surface area contributed by atoms with Gasteiger partial charge in [0.2, 0.25) is 0 Å². The highest BCUT2D eigenvalue weighted by Gasteiger charge is 2.70. The molecule has 13 heteroatoms. The number of hydrogen-bond donors (Lipinski definition) is 7. The van der Waals surface area contributed by atoms with Gasteiger partial charge in [0.25, 0.3) is 0 Å². The smallest absolute Gasteiger partial charge is 0.314 e. The Morgan fingerprint density at radius 3 is 2.35 bits per heavy atom. The van der Waals surface area contributed by atoms with Gasteiger partial charge in [0.05, 0.1) is 49.0 Å². The number of aliphatic hydroxyl groups excluding tert-OH is 6. The van der Waals surface area contributed by atoms with Crippen molar-refractivity contribution < 1.29 is 64.2 Å². The van der Waals surface area contributed by atoms with Gasteiger partial charge in [0.1, 0.15) is 36.3 Å². The Bertz CT molecular complexity index is 1230. The molecule has 0 aromatic carbocycles. The lowest BCUT2D eigenvalue weighted by atomic mass is 9.43. The standard InChI is InChI=1S/C35H54O13/c1-16-31(48-32-30(42)29(41)28(40)24(15-36)47-32)21(37)13-26(44-16)45-18-8-10-33(2)17(12-18)4-5-20-19(33)9-11-34(3)27(22(38)14-35(20,34)43)23-6-7-25(39)46-23/h6,16-22,24,26-32,36-38,40-43H,4-5,7-15H2,1-3H3/t16-,17-,18+,19+,20-,21+,22+,24-,26+,27-,28-,29+,30-,31-,32+,33+,34-,35+/m1/s1. The summed E-state index contributed by atoms with van der Waals surface area (Å²) in [4.78, 5) is 11.9. The second-order valence-electron chi connectivity index (χ2n) is 16.3. The van der Waals surface area contributed by atoms with Gasteiger partial charge in [-0.05, 0) is 81.1 Å². The molecule has 3 heterocycles. The van der Waals surface area contributed by atoms with Crippen molar-refractivity contribution in [2.75, 3.05) is 6.61 Å². The first-order chi connectivity index (χ1) is 22.7. The zero-order valence-electron chi connectivity index (χ0n) is 28.1. The van der Waals surface area contributed by atoms with Crippen LogP contribution in [-0.4, -0.2) is 121 Å². The molecule has 0 bridgehead atoms. The highest BCUT2D eigenvalue weighted by molar-refractivity contribution is 5.75. The minimum absolute atomic E-state index is 0.00648. The molecular weight excluding hydrogens is 628 g/mol. The van der Waals surface area contributed by atoms with Gasteiger partial charge in [-0.25, -0.2) is 0 Å². The topological polar surface area (TPSA) is 205 Å². The molecule has 3 aliphatic heterocycles. The van der Waals surface area contributed by atoms with Crippen LogP contribution < -0.4 is 0 Å². The number of carbonyl (C=O) groups excluding carboxylic acids is 1. The molecule has 0 unspecified atom stereocenters. The van der Waals surface area contributed by atoms with E-state index in [-0.39, 0.29) is 48.6 Å². The Morgan fingerprint density at radius 1 is 0.896 bits per heavy atom. The molecular formula is C35H54O13. The van der Waals surface area contributed by atoms with Gasteiger partial charge in [0, 0.05) is 18.3 Å². The van der Waals surface area contributed by atoms with Gasteiger partial charge < -0.3 is 59.4 Å². The molecule has 13 nitrogen and oxygen atoms in total. The van der Waals surface area contributed by atoms with E-state index < -0.39 is 79.0 Å². The summed E-state index contributed by atoms with van der Waals surface area (Å²) in [6, 6.07) is 0. The minimum Gasteiger partial charge on any atom is -0.431 e. The number of carbonyl (C=O) groups is 1. The molecule has 6 fully saturated rings. The molecule has 2 saturated heterocycles. The first-order valence-corrected chi connectivity index (χ1v) is 18.0. The van der Waals surface area contributed by atoms with Crippen LogP contribution in [0.3, 0.4) is 0 Å². The van der Waals surface area contributed by atoms with Crippen LogP contribution in [0.25, 0.3) is 0 Å². The maximum atomic E-state index is 12.5. The van der Waals surface area contributed by atoms with E-state index >= 15 is 0 Å². The molecule has 0 aromatic rings. The predicted molar refractivity (Wildman–Crippen MR) is 165 cm³/mol. The fourth-order valence-corrected chi connectivity index (χ4v) is 11.3. The summed E-state index contributed by atoms with van der Waals surface area (Å²) in [5.74, 6) is 0.568. The Kier molecular flexibility index (Phi) is 9.36. The van der Waals surface area contributed by atoms with Crippen LogP contribution in [0.5, 0.6) is 0 Å². The molecule has 0 radical (unpaired) electrons.